The minimum Gasteiger partial charge on any atom is -0.352 e. The Balaban J connectivity index is 1.60. The van der Waals surface area contributed by atoms with Gasteiger partial charge in [0.15, 0.2) is 0 Å². The number of carbonyl (C=O) groups excluding carboxylic acids is 1. The van der Waals surface area contributed by atoms with Crippen LogP contribution in [0.4, 0.5) is 0 Å². The number of pyridine rings is 1. The van der Waals surface area contributed by atoms with E-state index in [1.54, 1.807) is 6.20 Å². The first kappa shape index (κ1) is 15.0. The van der Waals surface area contributed by atoms with Crippen molar-refractivity contribution in [2.75, 3.05) is 6.54 Å². The van der Waals surface area contributed by atoms with Gasteiger partial charge in [-0.05, 0) is 41.3 Å². The normalized spacial score (nSPS) is 10.3. The first-order valence-electron chi connectivity index (χ1n) is 7.65. The number of aromatic nitrogens is 1. The molecule has 0 fully saturated rings. The van der Waals surface area contributed by atoms with E-state index in [9.17, 15) is 4.79 Å². The zero-order valence-corrected chi connectivity index (χ0v) is 12.8. The summed E-state index contributed by atoms with van der Waals surface area (Å²) in [7, 11) is 0. The fourth-order valence-electron chi connectivity index (χ4n) is 2.45. The topological polar surface area (TPSA) is 42.0 Å². The van der Waals surface area contributed by atoms with Crippen molar-refractivity contribution in [1.29, 1.82) is 0 Å². The van der Waals surface area contributed by atoms with E-state index in [2.05, 4.69) is 28.5 Å². The lowest BCUT2D eigenvalue weighted by atomic mass is 10.0. The molecule has 0 bridgehead atoms. The summed E-state index contributed by atoms with van der Waals surface area (Å²) in [5, 5.41) is 2.96. The molecule has 2 aromatic carbocycles. The van der Waals surface area contributed by atoms with Crippen molar-refractivity contribution < 1.29 is 4.79 Å². The number of hydrogen-bond acceptors (Lipinski definition) is 2. The summed E-state index contributed by atoms with van der Waals surface area (Å²) in [4.78, 5) is 16.2. The van der Waals surface area contributed by atoms with Gasteiger partial charge >= 0.3 is 0 Å². The zero-order valence-electron chi connectivity index (χ0n) is 12.8. The monoisotopic (exact) mass is 302 g/mol. The van der Waals surface area contributed by atoms with Gasteiger partial charge in [-0.1, -0.05) is 48.5 Å². The van der Waals surface area contributed by atoms with E-state index in [4.69, 9.17) is 0 Å². The molecule has 23 heavy (non-hydrogen) atoms. The van der Waals surface area contributed by atoms with Crippen molar-refractivity contribution in [3.63, 3.8) is 0 Å². The van der Waals surface area contributed by atoms with Gasteiger partial charge in [-0.3, -0.25) is 9.78 Å². The van der Waals surface area contributed by atoms with Crippen LogP contribution in [0.2, 0.25) is 0 Å². The third-order valence-corrected chi connectivity index (χ3v) is 3.66. The molecule has 0 aliphatic heterocycles. The number of nitrogens with one attached hydrogen (secondary N) is 1. The van der Waals surface area contributed by atoms with Gasteiger partial charge in [-0.2, -0.15) is 0 Å². The molecule has 1 heterocycles. The summed E-state index contributed by atoms with van der Waals surface area (Å²) in [5.41, 5.74) is 4.13. The number of carbonyl (C=O) groups is 1. The van der Waals surface area contributed by atoms with Crippen LogP contribution in [0.15, 0.2) is 79.1 Å². The van der Waals surface area contributed by atoms with E-state index >= 15 is 0 Å². The fourth-order valence-corrected chi connectivity index (χ4v) is 2.45. The number of amides is 1. The van der Waals surface area contributed by atoms with E-state index in [0.717, 1.165) is 17.5 Å². The quantitative estimate of drug-likeness (QED) is 0.780. The van der Waals surface area contributed by atoms with Crippen molar-refractivity contribution >= 4 is 5.91 Å². The van der Waals surface area contributed by atoms with Gasteiger partial charge in [-0.15, -0.1) is 0 Å². The van der Waals surface area contributed by atoms with Gasteiger partial charge in [0.2, 0.25) is 0 Å². The van der Waals surface area contributed by atoms with Gasteiger partial charge in [-0.25, -0.2) is 0 Å². The summed E-state index contributed by atoms with van der Waals surface area (Å²) in [5.74, 6) is -0.0333. The van der Waals surface area contributed by atoms with Crippen LogP contribution in [0.1, 0.15) is 15.9 Å². The Kier molecular flexibility index (Phi) is 4.79. The minimum atomic E-state index is -0.0333. The van der Waals surface area contributed by atoms with Gasteiger partial charge in [0.1, 0.15) is 0 Å². The summed E-state index contributed by atoms with van der Waals surface area (Å²) >= 11 is 0. The molecule has 0 aliphatic carbocycles. The summed E-state index contributed by atoms with van der Waals surface area (Å²) < 4.78 is 0. The molecule has 1 amide bonds. The highest BCUT2D eigenvalue weighted by molar-refractivity contribution is 5.94. The van der Waals surface area contributed by atoms with Crippen LogP contribution in [0.3, 0.4) is 0 Å². The van der Waals surface area contributed by atoms with Gasteiger partial charge in [0.25, 0.3) is 5.91 Å². The number of hydrogen-bond donors (Lipinski definition) is 1. The molecule has 0 spiro atoms. The van der Waals surface area contributed by atoms with Crippen molar-refractivity contribution in [2.24, 2.45) is 0 Å². The lowest BCUT2D eigenvalue weighted by Crippen LogP contribution is -2.25. The van der Waals surface area contributed by atoms with Gasteiger partial charge in [0, 0.05) is 24.5 Å². The molecule has 3 rings (SSSR count). The summed E-state index contributed by atoms with van der Waals surface area (Å²) in [6.45, 7) is 0.615. The standard InChI is InChI=1S/C20H18N2O/c23-20(17-7-2-1-3-8-17)22-13-11-16-6-4-9-18(14-16)19-10-5-12-21-15-19/h1-10,12,14-15H,11,13H2,(H,22,23). The highest BCUT2D eigenvalue weighted by atomic mass is 16.1. The third kappa shape index (κ3) is 4.04. The molecular formula is C20H18N2O. The third-order valence-electron chi connectivity index (χ3n) is 3.66. The smallest absolute Gasteiger partial charge is 0.251 e. The second-order valence-corrected chi connectivity index (χ2v) is 5.31. The first-order valence-corrected chi connectivity index (χ1v) is 7.65. The molecule has 0 saturated heterocycles. The Morgan fingerprint density at radius 2 is 1.74 bits per heavy atom. The Hall–Kier alpha value is -2.94. The van der Waals surface area contributed by atoms with Crippen molar-refractivity contribution in [2.45, 2.75) is 6.42 Å². The molecule has 0 aliphatic rings. The average molecular weight is 302 g/mol. The maximum Gasteiger partial charge on any atom is 0.251 e. The van der Waals surface area contributed by atoms with Crippen molar-refractivity contribution in [3.8, 4) is 11.1 Å². The van der Waals surface area contributed by atoms with E-state index in [0.29, 0.717) is 12.1 Å². The number of benzene rings is 2. The van der Waals surface area contributed by atoms with Crippen LogP contribution in [0.25, 0.3) is 11.1 Å². The Morgan fingerprint density at radius 1 is 0.913 bits per heavy atom. The number of rotatable bonds is 5. The Bertz CT molecular complexity index is 770. The second-order valence-electron chi connectivity index (χ2n) is 5.31. The second kappa shape index (κ2) is 7.36. The highest BCUT2D eigenvalue weighted by Crippen LogP contribution is 2.19. The van der Waals surface area contributed by atoms with Crippen molar-refractivity contribution in [3.05, 3.63) is 90.3 Å². The molecule has 1 aromatic heterocycles. The van der Waals surface area contributed by atoms with Crippen LogP contribution < -0.4 is 5.32 Å². The van der Waals surface area contributed by atoms with Gasteiger partial charge < -0.3 is 5.32 Å². The Morgan fingerprint density at radius 3 is 2.52 bits per heavy atom. The molecule has 1 N–H and O–H groups in total. The van der Waals surface area contributed by atoms with E-state index in [-0.39, 0.29) is 5.91 Å². The van der Waals surface area contributed by atoms with Crippen LogP contribution in [-0.2, 0) is 6.42 Å². The van der Waals surface area contributed by atoms with Crippen LogP contribution in [0, 0.1) is 0 Å². The molecule has 3 heteroatoms. The Labute approximate surface area is 136 Å². The zero-order chi connectivity index (χ0) is 15.9. The molecule has 3 nitrogen and oxygen atoms in total. The minimum absolute atomic E-state index is 0.0333. The van der Waals surface area contributed by atoms with Crippen LogP contribution in [-0.4, -0.2) is 17.4 Å². The maximum absolute atomic E-state index is 12.0. The lowest BCUT2D eigenvalue weighted by Gasteiger charge is -2.07. The number of nitrogens with zero attached hydrogens (tertiary/aromatic N) is 1. The molecule has 0 radical (unpaired) electrons. The highest BCUT2D eigenvalue weighted by Gasteiger charge is 2.04. The summed E-state index contributed by atoms with van der Waals surface area (Å²) in [6.07, 6.45) is 4.43. The molecule has 0 atom stereocenters. The molecular weight excluding hydrogens is 284 g/mol. The molecule has 0 saturated carbocycles. The van der Waals surface area contributed by atoms with E-state index in [1.165, 1.54) is 5.56 Å². The largest absolute Gasteiger partial charge is 0.352 e. The van der Waals surface area contributed by atoms with E-state index in [1.807, 2.05) is 54.7 Å². The van der Waals surface area contributed by atoms with Crippen LogP contribution in [0.5, 0.6) is 0 Å². The predicted octanol–water partition coefficient (Wildman–Crippen LogP) is 3.72. The maximum atomic E-state index is 12.0. The van der Waals surface area contributed by atoms with Gasteiger partial charge in [0.05, 0.1) is 0 Å². The fraction of sp³-hybridized carbons (Fsp3) is 0.100. The SMILES string of the molecule is O=C(NCCc1cccc(-c2cccnc2)c1)c1ccccc1. The molecule has 3 aromatic rings. The predicted molar refractivity (Wildman–Crippen MR) is 92.2 cm³/mol. The lowest BCUT2D eigenvalue weighted by molar-refractivity contribution is 0.0954. The first-order chi connectivity index (χ1) is 11.3. The van der Waals surface area contributed by atoms with Crippen LogP contribution >= 0.6 is 0 Å². The molecule has 114 valence electrons. The summed E-state index contributed by atoms with van der Waals surface area (Å²) in [6, 6.07) is 21.6. The average Bonchev–Trinajstić information content (AvgIpc) is 2.63. The van der Waals surface area contributed by atoms with E-state index < -0.39 is 0 Å². The van der Waals surface area contributed by atoms with Crippen molar-refractivity contribution in [1.82, 2.24) is 10.3 Å². The molecule has 0 unspecified atom stereocenters.